The van der Waals surface area contributed by atoms with E-state index in [-0.39, 0.29) is 12.1 Å². The molecule has 0 saturated heterocycles. The Labute approximate surface area is 153 Å². The summed E-state index contributed by atoms with van der Waals surface area (Å²) < 4.78 is 6.98. The van der Waals surface area contributed by atoms with Crippen LogP contribution in [0.2, 0.25) is 0 Å². The first-order chi connectivity index (χ1) is 12.5. The highest BCUT2D eigenvalue weighted by molar-refractivity contribution is 5.79. The maximum absolute atomic E-state index is 11.6. The number of furan rings is 1. The smallest absolute Gasteiger partial charge is 0.250 e. The molecule has 142 valence electrons. The fourth-order valence-electron chi connectivity index (χ4n) is 2.50. The number of aliphatic imine (C=N–C) groups is 1. The number of rotatable bonds is 9. The maximum atomic E-state index is 11.6. The number of nitrogens with one attached hydrogen (secondary N) is 2. The molecule has 0 bridgehead atoms. The summed E-state index contributed by atoms with van der Waals surface area (Å²) in [4.78, 5) is 16.1. The van der Waals surface area contributed by atoms with Crippen molar-refractivity contribution in [3.63, 3.8) is 0 Å². The first-order valence-corrected chi connectivity index (χ1v) is 8.97. The predicted molar refractivity (Wildman–Crippen MR) is 102 cm³/mol. The lowest BCUT2D eigenvalue weighted by Gasteiger charge is -2.19. The van der Waals surface area contributed by atoms with Gasteiger partial charge in [0.1, 0.15) is 11.4 Å². The highest BCUT2D eigenvalue weighted by Crippen LogP contribution is 2.20. The van der Waals surface area contributed by atoms with Crippen LogP contribution in [0.5, 0.6) is 0 Å². The molecule has 7 heteroatoms. The van der Waals surface area contributed by atoms with Crippen LogP contribution in [0.4, 0.5) is 0 Å². The van der Waals surface area contributed by atoms with E-state index >= 15 is 0 Å². The van der Waals surface area contributed by atoms with Crippen LogP contribution in [0.25, 0.3) is 0 Å². The van der Waals surface area contributed by atoms with E-state index in [0.29, 0.717) is 18.3 Å². The van der Waals surface area contributed by atoms with Crippen LogP contribution >= 0.6 is 0 Å². The largest absolute Gasteiger partial charge is 0.466 e. The van der Waals surface area contributed by atoms with E-state index in [4.69, 9.17) is 4.42 Å². The first-order valence-electron chi connectivity index (χ1n) is 8.97. The van der Waals surface area contributed by atoms with Crippen LogP contribution in [0.1, 0.15) is 32.4 Å². The third kappa shape index (κ3) is 6.07. The molecular formula is C19H28N4O3. The quantitative estimate of drug-likeness (QED) is 0.360. The van der Waals surface area contributed by atoms with Crippen molar-refractivity contribution in [3.8, 4) is 0 Å². The van der Waals surface area contributed by atoms with Crippen molar-refractivity contribution in [2.75, 3.05) is 19.6 Å². The van der Waals surface area contributed by atoms with Crippen LogP contribution in [0.3, 0.4) is 0 Å². The maximum Gasteiger partial charge on any atom is 0.250 e. The first kappa shape index (κ1) is 19.8. The van der Waals surface area contributed by atoms with Gasteiger partial charge in [0.05, 0.1) is 12.8 Å². The molecular weight excluding hydrogens is 332 g/mol. The average molecular weight is 360 g/mol. The summed E-state index contributed by atoms with van der Waals surface area (Å²) in [5.41, 5.74) is -1.13. The van der Waals surface area contributed by atoms with Crippen molar-refractivity contribution in [1.82, 2.24) is 15.2 Å². The zero-order valence-electron chi connectivity index (χ0n) is 15.4. The van der Waals surface area contributed by atoms with Crippen molar-refractivity contribution in [2.45, 2.75) is 38.8 Å². The molecule has 0 fully saturated rings. The fourth-order valence-corrected chi connectivity index (χ4v) is 2.50. The molecule has 26 heavy (non-hydrogen) atoms. The normalized spacial score (nSPS) is 14.0. The Morgan fingerprint density at radius 1 is 1.27 bits per heavy atom. The Hall–Kier alpha value is -2.54. The number of pyridine rings is 1. The Bertz CT molecular complexity index is 735. The molecule has 7 nitrogen and oxygen atoms in total. The van der Waals surface area contributed by atoms with E-state index in [0.717, 1.165) is 25.9 Å². The Kier molecular flexibility index (Phi) is 7.47. The van der Waals surface area contributed by atoms with Crippen molar-refractivity contribution < 1.29 is 9.52 Å². The minimum absolute atomic E-state index is 0.0236. The van der Waals surface area contributed by atoms with Crippen LogP contribution < -0.4 is 16.2 Å². The van der Waals surface area contributed by atoms with E-state index in [1.165, 1.54) is 6.26 Å². The van der Waals surface area contributed by atoms with E-state index in [2.05, 4.69) is 15.6 Å². The van der Waals surface area contributed by atoms with Crippen molar-refractivity contribution in [2.24, 2.45) is 4.99 Å². The molecule has 0 saturated carbocycles. The fraction of sp³-hybridized carbons (Fsp3) is 0.474. The van der Waals surface area contributed by atoms with Gasteiger partial charge in [-0.05, 0) is 44.9 Å². The molecule has 0 aliphatic rings. The topological polar surface area (TPSA) is 91.8 Å². The highest BCUT2D eigenvalue weighted by Gasteiger charge is 2.25. The van der Waals surface area contributed by atoms with Crippen molar-refractivity contribution in [3.05, 3.63) is 58.9 Å². The number of hydrogen-bond acceptors (Lipinski definition) is 4. The van der Waals surface area contributed by atoms with Gasteiger partial charge in [0, 0.05) is 31.9 Å². The van der Waals surface area contributed by atoms with E-state index in [9.17, 15) is 9.90 Å². The molecule has 2 aromatic rings. The number of hydrogen-bond donors (Lipinski definition) is 3. The SMILES string of the molecule is CCNC(=NCC(C)(O)c1ccco1)NCCCCn1ccccc1=O. The van der Waals surface area contributed by atoms with Gasteiger partial charge in [0.25, 0.3) is 0 Å². The lowest BCUT2D eigenvalue weighted by molar-refractivity contribution is 0.0437. The van der Waals surface area contributed by atoms with Gasteiger partial charge in [0.2, 0.25) is 5.56 Å². The second kappa shape index (κ2) is 9.82. The summed E-state index contributed by atoms with van der Waals surface area (Å²) in [7, 11) is 0. The van der Waals surface area contributed by atoms with Crippen LogP contribution in [-0.4, -0.2) is 35.3 Å². The third-order valence-corrected chi connectivity index (χ3v) is 3.96. The minimum Gasteiger partial charge on any atom is -0.466 e. The summed E-state index contributed by atoms with van der Waals surface area (Å²) in [5.74, 6) is 1.14. The number of aryl methyl sites for hydroxylation is 1. The molecule has 2 rings (SSSR count). The van der Waals surface area contributed by atoms with Crippen LogP contribution in [-0.2, 0) is 12.1 Å². The number of aliphatic hydroxyl groups is 1. The monoisotopic (exact) mass is 360 g/mol. The summed E-state index contributed by atoms with van der Waals surface area (Å²) >= 11 is 0. The van der Waals surface area contributed by atoms with Gasteiger partial charge in [-0.3, -0.25) is 4.79 Å². The number of nitrogens with zero attached hydrogens (tertiary/aromatic N) is 2. The molecule has 3 N–H and O–H groups in total. The van der Waals surface area contributed by atoms with Crippen LogP contribution in [0.15, 0.2) is 57.0 Å². The van der Waals surface area contributed by atoms with Crippen molar-refractivity contribution in [1.29, 1.82) is 0 Å². The van der Waals surface area contributed by atoms with Gasteiger partial charge in [-0.1, -0.05) is 6.07 Å². The average Bonchev–Trinajstić information content (AvgIpc) is 3.16. The molecule has 1 unspecified atom stereocenters. The lowest BCUT2D eigenvalue weighted by atomic mass is 10.0. The standard InChI is InChI=1S/C19H28N4O3/c1-3-20-18(22-15-19(2,25)16-9-8-14-26-16)21-11-5-7-13-23-12-6-4-10-17(23)24/h4,6,8-10,12,14,25H,3,5,7,11,13,15H2,1-2H3,(H2,20,21,22). The third-order valence-electron chi connectivity index (χ3n) is 3.96. The zero-order valence-corrected chi connectivity index (χ0v) is 15.4. The second-order valence-corrected chi connectivity index (χ2v) is 6.31. The summed E-state index contributed by atoms with van der Waals surface area (Å²) in [6.45, 7) is 6.02. The van der Waals surface area contributed by atoms with Crippen molar-refractivity contribution >= 4 is 5.96 Å². The van der Waals surface area contributed by atoms with Gasteiger partial charge in [-0.15, -0.1) is 0 Å². The molecule has 0 amide bonds. The Morgan fingerprint density at radius 2 is 2.12 bits per heavy atom. The van der Waals surface area contributed by atoms with E-state index in [1.807, 2.05) is 13.0 Å². The minimum atomic E-state index is -1.15. The molecule has 0 radical (unpaired) electrons. The van der Waals surface area contributed by atoms with Gasteiger partial charge < -0.3 is 24.7 Å². The summed E-state index contributed by atoms with van der Waals surface area (Å²) in [6.07, 6.45) is 5.13. The zero-order chi connectivity index (χ0) is 18.8. The molecule has 0 aliphatic heterocycles. The number of unbranched alkanes of at least 4 members (excludes halogenated alkanes) is 1. The molecule has 2 aromatic heterocycles. The van der Waals surface area contributed by atoms with E-state index < -0.39 is 5.60 Å². The molecule has 1 atom stereocenters. The van der Waals surface area contributed by atoms with Gasteiger partial charge >= 0.3 is 0 Å². The summed E-state index contributed by atoms with van der Waals surface area (Å²) in [6, 6.07) is 8.66. The molecule has 0 spiro atoms. The van der Waals surface area contributed by atoms with Crippen LogP contribution in [0, 0.1) is 0 Å². The highest BCUT2D eigenvalue weighted by atomic mass is 16.4. The second-order valence-electron chi connectivity index (χ2n) is 6.31. The van der Waals surface area contributed by atoms with Gasteiger partial charge in [-0.25, -0.2) is 4.99 Å². The van der Waals surface area contributed by atoms with Gasteiger partial charge in [-0.2, -0.15) is 0 Å². The predicted octanol–water partition coefficient (Wildman–Crippen LogP) is 1.68. The number of aromatic nitrogens is 1. The molecule has 0 aromatic carbocycles. The molecule has 2 heterocycles. The molecule has 0 aliphatic carbocycles. The Balaban J connectivity index is 1.78. The number of guanidine groups is 1. The lowest BCUT2D eigenvalue weighted by Crippen LogP contribution is -2.39. The van der Waals surface area contributed by atoms with E-state index in [1.54, 1.807) is 42.0 Å². The summed E-state index contributed by atoms with van der Waals surface area (Å²) in [5, 5.41) is 16.9. The van der Waals surface area contributed by atoms with Gasteiger partial charge in [0.15, 0.2) is 5.96 Å². The Morgan fingerprint density at radius 3 is 2.81 bits per heavy atom.